The van der Waals surface area contributed by atoms with Gasteiger partial charge in [0.15, 0.2) is 0 Å². The number of benzene rings is 2. The molecule has 8 heteroatoms. The maximum Gasteiger partial charge on any atom is 0.416 e. The monoisotopic (exact) mass is 375 g/mol. The first-order chi connectivity index (χ1) is 12.0. The molecule has 1 amide bonds. The highest BCUT2D eigenvalue weighted by Gasteiger charge is 2.31. The number of carbonyl (C=O) groups excluding carboxylic acids is 1. The molecule has 0 radical (unpaired) electrons. The number of nitrogens with one attached hydrogen (secondary N) is 1. The van der Waals surface area contributed by atoms with Gasteiger partial charge in [0.2, 0.25) is 5.91 Å². The maximum absolute atomic E-state index is 12.7. The minimum Gasteiger partial charge on any atom is -0.349 e. The number of hydrogen-bond donors (Lipinski definition) is 1. The summed E-state index contributed by atoms with van der Waals surface area (Å²) in [6.07, 6.45) is -9.12. The highest BCUT2D eigenvalue weighted by atomic mass is 19.4. The number of alkyl halides is 6. The van der Waals surface area contributed by atoms with Gasteiger partial charge >= 0.3 is 12.4 Å². The van der Waals surface area contributed by atoms with Crippen molar-refractivity contribution in [2.24, 2.45) is 0 Å². The van der Waals surface area contributed by atoms with E-state index in [1.54, 1.807) is 0 Å². The van der Waals surface area contributed by atoms with Crippen molar-refractivity contribution in [3.8, 4) is 0 Å². The molecule has 0 aliphatic rings. The topological polar surface area (TPSA) is 29.1 Å². The van der Waals surface area contributed by atoms with Gasteiger partial charge in [-0.1, -0.05) is 24.3 Å². The fourth-order valence-electron chi connectivity index (χ4n) is 2.36. The molecule has 2 aromatic carbocycles. The number of carbonyl (C=O) groups is 1. The molecule has 0 aromatic heterocycles. The Hall–Kier alpha value is -2.51. The molecule has 0 saturated heterocycles. The van der Waals surface area contributed by atoms with E-state index in [4.69, 9.17) is 0 Å². The Balaban J connectivity index is 2.01. The molecule has 0 aliphatic carbocycles. The van der Waals surface area contributed by atoms with Crippen molar-refractivity contribution >= 4 is 5.91 Å². The highest BCUT2D eigenvalue weighted by molar-refractivity contribution is 5.79. The van der Waals surface area contributed by atoms with Crippen molar-refractivity contribution < 1.29 is 31.1 Å². The molecule has 1 atom stereocenters. The number of rotatable bonds is 4. The van der Waals surface area contributed by atoms with Crippen LogP contribution in [0.3, 0.4) is 0 Å². The molecule has 2 rings (SSSR count). The highest BCUT2D eigenvalue weighted by Crippen LogP contribution is 2.31. The van der Waals surface area contributed by atoms with Gasteiger partial charge in [-0.3, -0.25) is 4.79 Å². The number of amides is 1. The summed E-state index contributed by atoms with van der Waals surface area (Å²) in [5.74, 6) is -0.505. The first-order valence-electron chi connectivity index (χ1n) is 7.59. The van der Waals surface area contributed by atoms with Crippen molar-refractivity contribution in [2.45, 2.75) is 31.7 Å². The summed E-state index contributed by atoms with van der Waals surface area (Å²) in [6.45, 7) is 1.53. The Labute approximate surface area is 145 Å². The van der Waals surface area contributed by atoms with E-state index < -0.39 is 35.4 Å². The van der Waals surface area contributed by atoms with Crippen LogP contribution in [0.2, 0.25) is 0 Å². The second-order valence-corrected chi connectivity index (χ2v) is 5.78. The Morgan fingerprint density at radius 2 is 1.50 bits per heavy atom. The lowest BCUT2D eigenvalue weighted by Crippen LogP contribution is -2.28. The van der Waals surface area contributed by atoms with E-state index in [1.165, 1.54) is 31.2 Å². The second-order valence-electron chi connectivity index (χ2n) is 5.78. The van der Waals surface area contributed by atoms with E-state index in [-0.39, 0.29) is 12.0 Å². The van der Waals surface area contributed by atoms with Gasteiger partial charge in [0, 0.05) is 0 Å². The summed E-state index contributed by atoms with van der Waals surface area (Å²) in [5, 5.41) is 2.54. The minimum absolute atomic E-state index is 0.179. The molecule has 0 saturated carbocycles. The van der Waals surface area contributed by atoms with Crippen LogP contribution >= 0.6 is 0 Å². The Kier molecular flexibility index (Phi) is 5.63. The van der Waals surface area contributed by atoms with Crippen molar-refractivity contribution in [3.05, 3.63) is 70.8 Å². The molecule has 0 aliphatic heterocycles. The predicted molar refractivity (Wildman–Crippen MR) is 83.1 cm³/mol. The summed E-state index contributed by atoms with van der Waals surface area (Å²) in [4.78, 5) is 12.0. The summed E-state index contributed by atoms with van der Waals surface area (Å²) >= 11 is 0. The van der Waals surface area contributed by atoms with Crippen LogP contribution in [0.15, 0.2) is 48.5 Å². The Bertz CT molecular complexity index is 764. The zero-order valence-corrected chi connectivity index (χ0v) is 13.6. The van der Waals surface area contributed by atoms with Gasteiger partial charge in [0.25, 0.3) is 0 Å². The first kappa shape index (κ1) is 19.8. The zero-order chi connectivity index (χ0) is 19.5. The average molecular weight is 375 g/mol. The van der Waals surface area contributed by atoms with Gasteiger partial charge in [-0.05, 0) is 42.3 Å². The summed E-state index contributed by atoms with van der Waals surface area (Å²) in [5.41, 5.74) is -0.995. The van der Waals surface area contributed by atoms with Gasteiger partial charge in [0.05, 0.1) is 23.6 Å². The third-order valence-corrected chi connectivity index (χ3v) is 3.74. The van der Waals surface area contributed by atoms with Crippen LogP contribution in [0.1, 0.15) is 35.2 Å². The van der Waals surface area contributed by atoms with Crippen molar-refractivity contribution in [1.82, 2.24) is 5.32 Å². The average Bonchev–Trinajstić information content (AvgIpc) is 2.53. The van der Waals surface area contributed by atoms with Crippen LogP contribution in [0.4, 0.5) is 26.3 Å². The van der Waals surface area contributed by atoms with E-state index in [2.05, 4.69) is 5.32 Å². The van der Waals surface area contributed by atoms with E-state index in [0.29, 0.717) is 5.56 Å². The van der Waals surface area contributed by atoms with E-state index in [9.17, 15) is 31.1 Å². The lowest BCUT2D eigenvalue weighted by molar-refractivity contribution is -0.138. The van der Waals surface area contributed by atoms with Gasteiger partial charge in [0.1, 0.15) is 0 Å². The molecule has 26 heavy (non-hydrogen) atoms. The lowest BCUT2D eigenvalue weighted by atomic mass is 10.0. The molecule has 2 nitrogen and oxygen atoms in total. The van der Waals surface area contributed by atoms with Gasteiger partial charge in [-0.2, -0.15) is 26.3 Å². The normalized spacial score (nSPS) is 13.3. The molecule has 2 aromatic rings. The minimum atomic E-state index is -4.49. The van der Waals surface area contributed by atoms with E-state index >= 15 is 0 Å². The smallest absolute Gasteiger partial charge is 0.349 e. The van der Waals surface area contributed by atoms with E-state index in [0.717, 1.165) is 24.3 Å². The standard InChI is InChI=1S/C18H15F6NO/c1-11(13-3-2-4-15(10-13)18(22,23)24)25-16(26)9-12-5-7-14(8-6-12)17(19,20)21/h2-8,10-11H,9H2,1H3,(H,25,26). The SMILES string of the molecule is CC(NC(=O)Cc1ccc(C(F)(F)F)cc1)c1cccc(C(F)(F)F)c1. The predicted octanol–water partition coefficient (Wildman–Crippen LogP) is 5.14. The number of halogens is 6. The summed E-state index contributed by atoms with van der Waals surface area (Å²) < 4.78 is 75.7. The van der Waals surface area contributed by atoms with E-state index in [1.807, 2.05) is 0 Å². The van der Waals surface area contributed by atoms with Gasteiger partial charge in [-0.15, -0.1) is 0 Å². The van der Waals surface area contributed by atoms with Crippen molar-refractivity contribution in [3.63, 3.8) is 0 Å². The van der Waals surface area contributed by atoms with Crippen LogP contribution < -0.4 is 5.32 Å². The van der Waals surface area contributed by atoms with Gasteiger partial charge < -0.3 is 5.32 Å². The second kappa shape index (κ2) is 7.39. The molecule has 140 valence electrons. The maximum atomic E-state index is 12.7. The first-order valence-corrected chi connectivity index (χ1v) is 7.59. The molecule has 0 spiro atoms. The fraction of sp³-hybridized carbons (Fsp3) is 0.278. The van der Waals surface area contributed by atoms with Crippen LogP contribution in [-0.2, 0) is 23.6 Å². The van der Waals surface area contributed by atoms with Crippen LogP contribution in [0.25, 0.3) is 0 Å². The van der Waals surface area contributed by atoms with Crippen molar-refractivity contribution in [1.29, 1.82) is 0 Å². The third kappa shape index (κ3) is 5.24. The quantitative estimate of drug-likeness (QED) is 0.737. The zero-order valence-electron chi connectivity index (χ0n) is 13.6. The molecule has 1 N–H and O–H groups in total. The van der Waals surface area contributed by atoms with Crippen LogP contribution in [0.5, 0.6) is 0 Å². The van der Waals surface area contributed by atoms with Crippen LogP contribution in [-0.4, -0.2) is 5.91 Å². The molecule has 0 heterocycles. The number of hydrogen-bond acceptors (Lipinski definition) is 1. The van der Waals surface area contributed by atoms with Gasteiger partial charge in [-0.25, -0.2) is 0 Å². The molecule has 0 bridgehead atoms. The molecule has 1 unspecified atom stereocenters. The summed E-state index contributed by atoms with van der Waals surface area (Å²) in [7, 11) is 0. The Morgan fingerprint density at radius 3 is 2.04 bits per heavy atom. The molecular weight excluding hydrogens is 360 g/mol. The molecule has 0 fully saturated rings. The lowest BCUT2D eigenvalue weighted by Gasteiger charge is -2.16. The Morgan fingerprint density at radius 1 is 0.923 bits per heavy atom. The summed E-state index contributed by atoms with van der Waals surface area (Å²) in [6, 6.07) is 8.03. The van der Waals surface area contributed by atoms with Crippen molar-refractivity contribution in [2.75, 3.05) is 0 Å². The molecular formula is C18H15F6NO. The van der Waals surface area contributed by atoms with Crippen LogP contribution in [0, 0.1) is 0 Å². The third-order valence-electron chi connectivity index (χ3n) is 3.74. The largest absolute Gasteiger partial charge is 0.416 e. The fourth-order valence-corrected chi connectivity index (χ4v) is 2.36.